The van der Waals surface area contributed by atoms with Gasteiger partial charge in [0.25, 0.3) is 0 Å². The van der Waals surface area contributed by atoms with E-state index >= 15 is 0 Å². The van der Waals surface area contributed by atoms with Crippen molar-refractivity contribution < 1.29 is 9.59 Å². The Hall–Kier alpha value is -0.820. The molecule has 0 aromatic heterocycles. The first-order valence-corrected chi connectivity index (χ1v) is 5.65. The number of hydrogen-bond donors (Lipinski definition) is 2. The third-order valence-electron chi connectivity index (χ3n) is 1.46. The number of halogens is 2. The molecule has 0 saturated carbocycles. The average Bonchev–Trinajstić information content (AvgIpc) is 2.17. The maximum absolute atomic E-state index is 11.2. The third kappa shape index (κ3) is 4.48. The minimum absolute atomic E-state index is 0.236. The largest absolute Gasteiger partial charge is 0.325 e. The molecule has 0 aliphatic carbocycles. The molecule has 6 heteroatoms. The predicted octanol–water partition coefficient (Wildman–Crippen LogP) is 2.18. The molecule has 0 aliphatic rings. The van der Waals surface area contributed by atoms with Crippen LogP contribution in [0.25, 0.3) is 0 Å². The van der Waals surface area contributed by atoms with Crippen LogP contribution < -0.4 is 10.6 Å². The molecule has 0 aliphatic heterocycles. The molecule has 0 fully saturated rings. The van der Waals surface area contributed by atoms with Gasteiger partial charge < -0.3 is 5.32 Å². The molecule has 3 amide bonds. The van der Waals surface area contributed by atoms with Gasteiger partial charge in [-0.05, 0) is 40.8 Å². The molecular formula is C9H8ClIN2O2. The van der Waals surface area contributed by atoms with Crippen molar-refractivity contribution in [1.29, 1.82) is 0 Å². The Morgan fingerprint density at radius 2 is 2.13 bits per heavy atom. The number of imide groups is 1. The Morgan fingerprint density at radius 3 is 2.73 bits per heavy atom. The molecule has 0 heterocycles. The molecule has 0 bridgehead atoms. The first kappa shape index (κ1) is 12.3. The minimum atomic E-state index is -0.581. The average molecular weight is 339 g/mol. The van der Waals surface area contributed by atoms with Crippen LogP contribution in [-0.4, -0.2) is 17.8 Å². The predicted molar refractivity (Wildman–Crippen MR) is 67.0 cm³/mol. The zero-order valence-corrected chi connectivity index (χ0v) is 10.5. The zero-order chi connectivity index (χ0) is 11.3. The summed E-state index contributed by atoms with van der Waals surface area (Å²) in [5.41, 5.74) is 0.627. The lowest BCUT2D eigenvalue weighted by Crippen LogP contribution is -2.35. The number of rotatable bonds is 2. The van der Waals surface area contributed by atoms with Crippen molar-refractivity contribution in [3.8, 4) is 0 Å². The van der Waals surface area contributed by atoms with E-state index in [1.807, 2.05) is 6.07 Å². The highest BCUT2D eigenvalue weighted by atomic mass is 127. The van der Waals surface area contributed by atoms with Crippen LogP contribution in [0.15, 0.2) is 24.3 Å². The number of nitrogens with one attached hydrogen (secondary N) is 2. The fourth-order valence-corrected chi connectivity index (χ4v) is 1.50. The van der Waals surface area contributed by atoms with E-state index in [1.54, 1.807) is 18.2 Å². The Bertz CT molecular complexity index is 384. The summed E-state index contributed by atoms with van der Waals surface area (Å²) in [7, 11) is 0. The molecular weight excluding hydrogens is 330 g/mol. The number of carbonyl (C=O) groups is 2. The molecule has 1 aromatic carbocycles. The molecule has 0 spiro atoms. The second-order valence-corrected chi connectivity index (χ2v) is 4.16. The molecule has 1 aromatic rings. The number of amides is 3. The molecule has 0 unspecified atom stereocenters. The van der Waals surface area contributed by atoms with Crippen LogP contribution in [0, 0.1) is 3.57 Å². The maximum atomic E-state index is 11.2. The van der Waals surface area contributed by atoms with Gasteiger partial charge in [-0.2, -0.15) is 0 Å². The molecule has 2 N–H and O–H groups in total. The molecule has 0 saturated heterocycles. The summed E-state index contributed by atoms with van der Waals surface area (Å²) in [6, 6.07) is 6.63. The van der Waals surface area contributed by atoms with Gasteiger partial charge in [0.15, 0.2) is 0 Å². The Morgan fingerprint density at radius 1 is 1.40 bits per heavy atom. The van der Waals surface area contributed by atoms with Crippen molar-refractivity contribution in [2.75, 3.05) is 11.2 Å². The Balaban J connectivity index is 2.55. The normalized spacial score (nSPS) is 9.47. The van der Waals surface area contributed by atoms with E-state index in [1.165, 1.54) is 0 Å². The van der Waals surface area contributed by atoms with Gasteiger partial charge in [-0.15, -0.1) is 11.6 Å². The lowest BCUT2D eigenvalue weighted by molar-refractivity contribution is -0.117. The number of carbonyl (C=O) groups excluding carboxylic acids is 2. The molecule has 80 valence electrons. The van der Waals surface area contributed by atoms with E-state index in [0.29, 0.717) is 5.69 Å². The van der Waals surface area contributed by atoms with Gasteiger partial charge in [-0.1, -0.05) is 6.07 Å². The van der Waals surface area contributed by atoms with Gasteiger partial charge in [-0.3, -0.25) is 10.1 Å². The summed E-state index contributed by atoms with van der Waals surface area (Å²) in [5.74, 6) is -0.764. The molecule has 15 heavy (non-hydrogen) atoms. The van der Waals surface area contributed by atoms with E-state index in [0.717, 1.165) is 3.57 Å². The van der Waals surface area contributed by atoms with E-state index in [-0.39, 0.29) is 5.88 Å². The van der Waals surface area contributed by atoms with E-state index in [9.17, 15) is 9.59 Å². The second-order valence-electron chi connectivity index (χ2n) is 2.65. The van der Waals surface area contributed by atoms with Crippen molar-refractivity contribution in [3.05, 3.63) is 27.8 Å². The number of hydrogen-bond acceptors (Lipinski definition) is 2. The van der Waals surface area contributed by atoms with Gasteiger partial charge in [-0.25, -0.2) is 4.79 Å². The Kier molecular flexibility index (Phi) is 4.83. The van der Waals surface area contributed by atoms with Gasteiger partial charge >= 0.3 is 6.03 Å². The van der Waals surface area contributed by atoms with Crippen LogP contribution in [0.5, 0.6) is 0 Å². The monoisotopic (exact) mass is 338 g/mol. The first-order chi connectivity index (χ1) is 7.11. The fraction of sp³-hybridized carbons (Fsp3) is 0.111. The van der Waals surface area contributed by atoms with Gasteiger partial charge in [0.2, 0.25) is 5.91 Å². The first-order valence-electron chi connectivity index (χ1n) is 4.04. The van der Waals surface area contributed by atoms with Crippen molar-refractivity contribution in [2.45, 2.75) is 0 Å². The quantitative estimate of drug-likeness (QED) is 0.641. The van der Waals surface area contributed by atoms with Crippen LogP contribution >= 0.6 is 34.2 Å². The van der Waals surface area contributed by atoms with Crippen LogP contribution in [-0.2, 0) is 4.79 Å². The summed E-state index contributed by atoms with van der Waals surface area (Å²) in [4.78, 5) is 22.0. The standard InChI is InChI=1S/C9H8ClIN2O2/c10-5-8(14)13-9(15)12-7-3-1-2-6(11)4-7/h1-4H,5H2,(H2,12,13,14,15). The van der Waals surface area contributed by atoms with Crippen LogP contribution in [0.1, 0.15) is 0 Å². The van der Waals surface area contributed by atoms with Gasteiger partial charge in [0, 0.05) is 9.26 Å². The maximum Gasteiger partial charge on any atom is 0.325 e. The highest BCUT2D eigenvalue weighted by Crippen LogP contribution is 2.11. The smallest absolute Gasteiger partial charge is 0.308 e. The summed E-state index contributed by atoms with van der Waals surface area (Å²) in [6.07, 6.45) is 0. The van der Waals surface area contributed by atoms with Crippen molar-refractivity contribution in [3.63, 3.8) is 0 Å². The molecule has 0 atom stereocenters. The lowest BCUT2D eigenvalue weighted by atomic mass is 10.3. The van der Waals surface area contributed by atoms with Crippen LogP contribution in [0.3, 0.4) is 0 Å². The van der Waals surface area contributed by atoms with Crippen LogP contribution in [0.4, 0.5) is 10.5 Å². The highest BCUT2D eigenvalue weighted by Gasteiger charge is 2.05. The Labute approximate surface area is 106 Å². The summed E-state index contributed by atoms with van der Waals surface area (Å²) in [6.45, 7) is 0. The number of benzene rings is 1. The van der Waals surface area contributed by atoms with Crippen LogP contribution in [0.2, 0.25) is 0 Å². The topological polar surface area (TPSA) is 58.2 Å². The zero-order valence-electron chi connectivity index (χ0n) is 7.59. The van der Waals surface area contributed by atoms with E-state index in [2.05, 4.69) is 33.2 Å². The van der Waals surface area contributed by atoms with Crippen molar-refractivity contribution >= 4 is 51.8 Å². The van der Waals surface area contributed by atoms with Crippen molar-refractivity contribution in [2.24, 2.45) is 0 Å². The third-order valence-corrected chi connectivity index (χ3v) is 2.37. The van der Waals surface area contributed by atoms with E-state index < -0.39 is 11.9 Å². The SMILES string of the molecule is O=C(CCl)NC(=O)Nc1cccc(I)c1. The summed E-state index contributed by atoms with van der Waals surface area (Å²) < 4.78 is 0.995. The fourth-order valence-electron chi connectivity index (χ4n) is 0.889. The minimum Gasteiger partial charge on any atom is -0.308 e. The molecule has 1 rings (SSSR count). The summed E-state index contributed by atoms with van der Waals surface area (Å²) in [5, 5.41) is 4.59. The molecule has 4 nitrogen and oxygen atoms in total. The number of anilines is 1. The summed E-state index contributed by atoms with van der Waals surface area (Å²) >= 11 is 7.36. The van der Waals surface area contributed by atoms with Gasteiger partial charge in [0.05, 0.1) is 0 Å². The second kappa shape index (κ2) is 5.92. The highest BCUT2D eigenvalue weighted by molar-refractivity contribution is 14.1. The van der Waals surface area contributed by atoms with Crippen molar-refractivity contribution in [1.82, 2.24) is 5.32 Å². The van der Waals surface area contributed by atoms with E-state index in [4.69, 9.17) is 11.6 Å². The number of urea groups is 1. The number of alkyl halides is 1. The van der Waals surface area contributed by atoms with Gasteiger partial charge in [0.1, 0.15) is 5.88 Å². The molecule has 0 radical (unpaired) electrons. The lowest BCUT2D eigenvalue weighted by Gasteiger charge is -2.05.